The maximum atomic E-state index is 12.7. The lowest BCUT2D eigenvalue weighted by atomic mass is 9.81. The van der Waals surface area contributed by atoms with Crippen molar-refractivity contribution < 1.29 is 19.1 Å². The molecule has 30 heavy (non-hydrogen) atoms. The molecule has 162 valence electrons. The molecule has 0 radical (unpaired) electrons. The summed E-state index contributed by atoms with van der Waals surface area (Å²) in [6.07, 6.45) is 0.713. The Labute approximate surface area is 181 Å². The van der Waals surface area contributed by atoms with Crippen LogP contribution in [0.3, 0.4) is 0 Å². The Hall–Kier alpha value is -2.40. The zero-order chi connectivity index (χ0) is 22.3. The largest absolute Gasteiger partial charge is 0.468 e. The number of rotatable bonds is 9. The summed E-state index contributed by atoms with van der Waals surface area (Å²) in [6, 6.07) is 20.4. The van der Waals surface area contributed by atoms with E-state index in [1.54, 1.807) is 0 Å². The Morgan fingerprint density at radius 2 is 1.30 bits per heavy atom. The van der Waals surface area contributed by atoms with Gasteiger partial charge in [0.15, 0.2) is 5.92 Å². The topological polar surface area (TPSA) is 52.6 Å². The summed E-state index contributed by atoms with van der Waals surface area (Å²) in [5.41, 5.74) is 1.31. The van der Waals surface area contributed by atoms with Crippen LogP contribution in [0.5, 0.6) is 0 Å². The van der Waals surface area contributed by atoms with Crippen LogP contribution in [-0.4, -0.2) is 34.2 Å². The quantitative estimate of drug-likeness (QED) is 0.329. The Balaban J connectivity index is 2.54. The van der Waals surface area contributed by atoms with Crippen LogP contribution in [-0.2, 0) is 19.1 Å². The molecule has 2 aromatic carbocycles. The third kappa shape index (κ3) is 5.39. The van der Waals surface area contributed by atoms with Crippen LogP contribution in [0.4, 0.5) is 0 Å². The summed E-state index contributed by atoms with van der Waals surface area (Å²) in [7, 11) is 0.737. The minimum absolute atomic E-state index is 0.311. The van der Waals surface area contributed by atoms with E-state index in [0.29, 0.717) is 17.9 Å². The van der Waals surface area contributed by atoms with Crippen molar-refractivity contribution >= 4 is 25.2 Å². The molecule has 0 heterocycles. The molecular weight excluding hydrogens is 392 g/mol. The van der Waals surface area contributed by atoms with E-state index in [-0.39, 0.29) is 5.92 Å². The number of hydrogen-bond donors (Lipinski definition) is 0. The molecule has 0 fully saturated rings. The molecule has 0 unspecified atom stereocenters. The van der Waals surface area contributed by atoms with Gasteiger partial charge in [-0.15, -0.1) is 0 Å². The third-order valence-electron chi connectivity index (χ3n) is 6.30. The van der Waals surface area contributed by atoms with Gasteiger partial charge in [0, 0.05) is 5.92 Å². The molecule has 2 aromatic rings. The lowest BCUT2D eigenvalue weighted by molar-refractivity contribution is -0.160. The molecule has 0 aliphatic carbocycles. The molecular formula is C25H34O4Si. The van der Waals surface area contributed by atoms with Gasteiger partial charge in [0.1, 0.15) is 0 Å². The summed E-state index contributed by atoms with van der Waals surface area (Å²) in [4.78, 5) is 25.4. The predicted molar refractivity (Wildman–Crippen MR) is 123 cm³/mol. The first-order chi connectivity index (χ1) is 14.2. The van der Waals surface area contributed by atoms with Crippen molar-refractivity contribution in [1.29, 1.82) is 0 Å². The third-order valence-corrected chi connectivity index (χ3v) is 10.9. The van der Waals surface area contributed by atoms with E-state index >= 15 is 0 Å². The zero-order valence-corrected chi connectivity index (χ0v) is 19.9. The van der Waals surface area contributed by atoms with E-state index < -0.39 is 25.9 Å². The molecule has 0 bridgehead atoms. The predicted octanol–water partition coefficient (Wildman–Crippen LogP) is 4.76. The van der Waals surface area contributed by atoms with Crippen molar-refractivity contribution in [3.63, 3.8) is 0 Å². The highest BCUT2D eigenvalue weighted by molar-refractivity contribution is 6.91. The Bertz CT molecular complexity index is 802. The Morgan fingerprint density at radius 3 is 1.73 bits per heavy atom. The molecule has 2 atom stereocenters. The number of carbonyl (C=O) groups is 2. The van der Waals surface area contributed by atoms with Crippen molar-refractivity contribution in [2.75, 3.05) is 14.2 Å². The van der Waals surface area contributed by atoms with Crippen LogP contribution < -0.4 is 5.19 Å². The number of methoxy groups -OCH3 is 2. The smallest absolute Gasteiger partial charge is 0.320 e. The summed E-state index contributed by atoms with van der Waals surface area (Å²) >= 11 is 0. The lowest BCUT2D eigenvalue weighted by Gasteiger charge is -2.39. The van der Waals surface area contributed by atoms with E-state index in [4.69, 9.17) is 9.47 Å². The molecule has 0 saturated heterocycles. The first-order valence-corrected chi connectivity index (χ1v) is 13.6. The molecule has 0 N–H and O–H groups in total. The highest BCUT2D eigenvalue weighted by atomic mass is 28.3. The van der Waals surface area contributed by atoms with E-state index in [2.05, 4.69) is 51.2 Å². The highest BCUT2D eigenvalue weighted by Gasteiger charge is 2.43. The van der Waals surface area contributed by atoms with Crippen LogP contribution in [0.25, 0.3) is 0 Å². The minimum Gasteiger partial charge on any atom is -0.468 e. The number of hydrogen-bond acceptors (Lipinski definition) is 4. The van der Waals surface area contributed by atoms with Gasteiger partial charge >= 0.3 is 11.9 Å². The van der Waals surface area contributed by atoms with Gasteiger partial charge in [-0.25, -0.2) is 0 Å². The van der Waals surface area contributed by atoms with Gasteiger partial charge in [0.25, 0.3) is 0 Å². The summed E-state index contributed by atoms with van der Waals surface area (Å²) in [5, 5.41) is 1.38. The zero-order valence-electron chi connectivity index (χ0n) is 18.9. The van der Waals surface area contributed by atoms with Gasteiger partial charge in [-0.1, -0.05) is 92.8 Å². The SMILES string of the molecule is COC(=O)C(C(=O)OC)[C@H](C[C@H](C(C)C)[Si](C)(C)c1ccccc1)c1ccccc1. The van der Waals surface area contributed by atoms with E-state index in [1.165, 1.54) is 19.4 Å². The molecule has 0 aromatic heterocycles. The molecule has 2 rings (SSSR count). The van der Waals surface area contributed by atoms with Crippen LogP contribution in [0.15, 0.2) is 60.7 Å². The fourth-order valence-electron chi connectivity index (χ4n) is 4.60. The van der Waals surface area contributed by atoms with E-state index in [1.807, 2.05) is 36.4 Å². The molecule has 0 saturated carbocycles. The maximum Gasteiger partial charge on any atom is 0.320 e. The Kier molecular flexibility index (Phi) is 8.41. The van der Waals surface area contributed by atoms with E-state index in [9.17, 15) is 9.59 Å². The summed E-state index contributed by atoms with van der Waals surface area (Å²) in [6.45, 7) is 9.21. The van der Waals surface area contributed by atoms with Crippen LogP contribution in [0, 0.1) is 11.8 Å². The number of esters is 2. The first kappa shape index (κ1) is 23.9. The monoisotopic (exact) mass is 426 g/mol. The molecule has 0 spiro atoms. The fraction of sp³-hybridized carbons (Fsp3) is 0.440. The van der Waals surface area contributed by atoms with Gasteiger partial charge in [-0.2, -0.15) is 0 Å². The highest BCUT2D eigenvalue weighted by Crippen LogP contribution is 2.42. The normalized spacial score (nSPS) is 13.7. The molecule has 0 aliphatic heterocycles. The standard InChI is InChI=1S/C25H34O4Si/c1-18(2)22(30(5,6)20-15-11-8-12-16-20)17-21(19-13-9-7-10-14-19)23(24(26)28-3)25(27)29-4/h7-16,18,21-23H,17H2,1-6H3/t21-,22-/m1/s1. The first-order valence-electron chi connectivity index (χ1n) is 10.5. The van der Waals surface area contributed by atoms with Gasteiger partial charge < -0.3 is 9.47 Å². The average molecular weight is 427 g/mol. The molecule has 4 nitrogen and oxygen atoms in total. The molecule has 0 aliphatic rings. The molecule has 5 heteroatoms. The average Bonchev–Trinajstić information content (AvgIpc) is 2.76. The molecule has 0 amide bonds. The second kappa shape index (κ2) is 10.6. The van der Waals surface area contributed by atoms with Crippen LogP contribution in [0.1, 0.15) is 31.7 Å². The van der Waals surface area contributed by atoms with Crippen molar-refractivity contribution in [3.8, 4) is 0 Å². The van der Waals surface area contributed by atoms with Gasteiger partial charge in [-0.3, -0.25) is 9.59 Å². The van der Waals surface area contributed by atoms with Gasteiger partial charge in [0.2, 0.25) is 0 Å². The van der Waals surface area contributed by atoms with Crippen LogP contribution >= 0.6 is 0 Å². The lowest BCUT2D eigenvalue weighted by Crippen LogP contribution is -2.48. The summed E-state index contributed by atoms with van der Waals surface area (Å²) < 4.78 is 10.0. The van der Waals surface area contributed by atoms with Crippen molar-refractivity contribution in [2.24, 2.45) is 11.8 Å². The number of benzene rings is 2. The van der Waals surface area contributed by atoms with Crippen molar-refractivity contribution in [1.82, 2.24) is 0 Å². The van der Waals surface area contributed by atoms with Crippen LogP contribution in [0.2, 0.25) is 18.6 Å². The van der Waals surface area contributed by atoms with Gasteiger partial charge in [0.05, 0.1) is 22.3 Å². The fourth-order valence-corrected chi connectivity index (χ4v) is 8.59. The maximum absolute atomic E-state index is 12.7. The summed E-state index contributed by atoms with van der Waals surface area (Å²) in [5.74, 6) is -1.98. The van der Waals surface area contributed by atoms with E-state index in [0.717, 1.165) is 5.56 Å². The Morgan fingerprint density at radius 1 is 0.833 bits per heavy atom. The minimum atomic E-state index is -1.91. The second-order valence-corrected chi connectivity index (χ2v) is 13.5. The number of carbonyl (C=O) groups excluding carboxylic acids is 2. The second-order valence-electron chi connectivity index (χ2n) is 8.72. The number of ether oxygens (including phenoxy) is 2. The van der Waals surface area contributed by atoms with Crippen molar-refractivity contribution in [3.05, 3.63) is 66.2 Å². The van der Waals surface area contributed by atoms with Crippen molar-refractivity contribution in [2.45, 2.75) is 44.8 Å². The van der Waals surface area contributed by atoms with Gasteiger partial charge in [-0.05, 0) is 23.4 Å².